The van der Waals surface area contributed by atoms with E-state index in [1.54, 1.807) is 12.1 Å². The topological polar surface area (TPSA) is 21.3 Å². The minimum Gasteiger partial charge on any atom is -0.377 e. The van der Waals surface area contributed by atoms with Crippen LogP contribution in [0.4, 0.5) is 4.39 Å². The molecule has 16 heavy (non-hydrogen) atoms. The van der Waals surface area contributed by atoms with Gasteiger partial charge in [-0.1, -0.05) is 12.1 Å². The Balaban J connectivity index is 1.85. The Morgan fingerprint density at radius 1 is 1.56 bits per heavy atom. The van der Waals surface area contributed by atoms with Crippen LogP contribution >= 0.6 is 0 Å². The molecule has 1 aliphatic rings. The van der Waals surface area contributed by atoms with Gasteiger partial charge >= 0.3 is 0 Å². The predicted molar refractivity (Wildman–Crippen MR) is 61.8 cm³/mol. The van der Waals surface area contributed by atoms with Crippen molar-refractivity contribution in [3.05, 3.63) is 35.6 Å². The van der Waals surface area contributed by atoms with Gasteiger partial charge in [-0.3, -0.25) is 0 Å². The van der Waals surface area contributed by atoms with Gasteiger partial charge in [-0.05, 0) is 37.5 Å². The zero-order chi connectivity index (χ0) is 11.4. The van der Waals surface area contributed by atoms with Crippen molar-refractivity contribution in [1.29, 1.82) is 0 Å². The number of hydrogen-bond acceptors (Lipinski definition) is 2. The molecule has 0 aromatic heterocycles. The van der Waals surface area contributed by atoms with E-state index in [4.69, 9.17) is 4.74 Å². The van der Waals surface area contributed by atoms with Crippen LogP contribution in [0.15, 0.2) is 24.3 Å². The number of rotatable bonds is 4. The summed E-state index contributed by atoms with van der Waals surface area (Å²) in [4.78, 5) is 0. The maximum Gasteiger partial charge on any atom is 0.123 e. The average Bonchev–Trinajstić information content (AvgIpc) is 2.78. The fraction of sp³-hybridized carbons (Fsp3) is 0.538. The molecule has 0 aliphatic carbocycles. The van der Waals surface area contributed by atoms with E-state index in [1.165, 1.54) is 6.07 Å². The number of halogens is 1. The molecule has 1 aliphatic heterocycles. The smallest absolute Gasteiger partial charge is 0.123 e. The summed E-state index contributed by atoms with van der Waals surface area (Å²) in [6.45, 7) is 3.77. The van der Waals surface area contributed by atoms with Gasteiger partial charge in [-0.2, -0.15) is 0 Å². The van der Waals surface area contributed by atoms with Crippen LogP contribution in [0.1, 0.15) is 31.4 Å². The highest BCUT2D eigenvalue weighted by molar-refractivity contribution is 5.19. The van der Waals surface area contributed by atoms with E-state index < -0.39 is 0 Å². The molecular formula is C13H18FNO. The first kappa shape index (κ1) is 11.6. The lowest BCUT2D eigenvalue weighted by atomic mass is 10.1. The molecule has 3 heteroatoms. The molecule has 88 valence electrons. The summed E-state index contributed by atoms with van der Waals surface area (Å²) in [5.41, 5.74) is 0.984. The van der Waals surface area contributed by atoms with Crippen LogP contribution in [0.5, 0.6) is 0 Å². The first-order chi connectivity index (χ1) is 7.75. The molecule has 1 aromatic carbocycles. The maximum atomic E-state index is 13.0. The highest BCUT2D eigenvalue weighted by Crippen LogP contribution is 2.15. The van der Waals surface area contributed by atoms with Crippen LogP contribution < -0.4 is 5.32 Å². The van der Waals surface area contributed by atoms with Crippen molar-refractivity contribution < 1.29 is 9.13 Å². The largest absolute Gasteiger partial charge is 0.377 e. The quantitative estimate of drug-likeness (QED) is 0.847. The van der Waals surface area contributed by atoms with Crippen molar-refractivity contribution in [3.63, 3.8) is 0 Å². The van der Waals surface area contributed by atoms with E-state index in [1.807, 2.05) is 13.0 Å². The van der Waals surface area contributed by atoms with Gasteiger partial charge in [0.2, 0.25) is 0 Å². The zero-order valence-corrected chi connectivity index (χ0v) is 9.58. The van der Waals surface area contributed by atoms with Crippen LogP contribution in [0.2, 0.25) is 0 Å². The lowest BCUT2D eigenvalue weighted by Gasteiger charge is -2.17. The summed E-state index contributed by atoms with van der Waals surface area (Å²) in [5.74, 6) is -0.178. The van der Waals surface area contributed by atoms with Crippen molar-refractivity contribution in [3.8, 4) is 0 Å². The Labute approximate surface area is 95.8 Å². The minimum absolute atomic E-state index is 0.167. The Hall–Kier alpha value is -0.930. The van der Waals surface area contributed by atoms with Crippen LogP contribution in [0.25, 0.3) is 0 Å². The summed E-state index contributed by atoms with van der Waals surface area (Å²) in [6, 6.07) is 6.90. The lowest BCUT2D eigenvalue weighted by molar-refractivity contribution is 0.108. The summed E-state index contributed by atoms with van der Waals surface area (Å²) < 4.78 is 18.5. The second-order valence-corrected chi connectivity index (χ2v) is 4.32. The van der Waals surface area contributed by atoms with Crippen molar-refractivity contribution in [2.45, 2.75) is 31.9 Å². The molecule has 2 unspecified atom stereocenters. The molecule has 0 spiro atoms. The SMILES string of the molecule is CC(NCC1CCCO1)c1cccc(F)c1. The van der Waals surface area contributed by atoms with Gasteiger partial charge in [0.05, 0.1) is 6.10 Å². The molecule has 0 radical (unpaired) electrons. The molecule has 2 rings (SSSR count). The molecule has 1 fully saturated rings. The molecule has 1 aromatic rings. The standard InChI is InChI=1S/C13H18FNO/c1-10(11-4-2-5-12(14)8-11)15-9-13-6-3-7-16-13/h2,4-5,8,10,13,15H,3,6-7,9H2,1H3. The van der Waals surface area contributed by atoms with Crippen molar-refractivity contribution >= 4 is 0 Å². The molecule has 1 heterocycles. The summed E-state index contributed by atoms with van der Waals surface area (Å²) in [7, 11) is 0. The molecule has 0 saturated carbocycles. The molecular weight excluding hydrogens is 205 g/mol. The third kappa shape index (κ3) is 3.03. The number of nitrogens with one attached hydrogen (secondary N) is 1. The van der Waals surface area contributed by atoms with E-state index in [9.17, 15) is 4.39 Å². The van der Waals surface area contributed by atoms with E-state index in [0.717, 1.165) is 31.6 Å². The summed E-state index contributed by atoms with van der Waals surface area (Å²) in [5, 5.41) is 3.38. The monoisotopic (exact) mass is 223 g/mol. The van der Waals surface area contributed by atoms with Gasteiger partial charge in [0, 0.05) is 19.2 Å². The first-order valence-corrected chi connectivity index (χ1v) is 5.86. The van der Waals surface area contributed by atoms with Crippen molar-refractivity contribution in [2.75, 3.05) is 13.2 Å². The average molecular weight is 223 g/mol. The van der Waals surface area contributed by atoms with E-state index >= 15 is 0 Å². The first-order valence-electron chi connectivity index (χ1n) is 5.86. The van der Waals surface area contributed by atoms with Gasteiger partial charge < -0.3 is 10.1 Å². The van der Waals surface area contributed by atoms with Gasteiger partial charge in [0.1, 0.15) is 5.82 Å². The Morgan fingerprint density at radius 3 is 3.12 bits per heavy atom. The fourth-order valence-corrected chi connectivity index (χ4v) is 2.01. The van der Waals surface area contributed by atoms with Gasteiger partial charge in [-0.25, -0.2) is 4.39 Å². The van der Waals surface area contributed by atoms with Crippen molar-refractivity contribution in [1.82, 2.24) is 5.32 Å². The Morgan fingerprint density at radius 2 is 2.44 bits per heavy atom. The summed E-state index contributed by atoms with van der Waals surface area (Å²) >= 11 is 0. The van der Waals surface area contributed by atoms with E-state index in [-0.39, 0.29) is 11.9 Å². The van der Waals surface area contributed by atoms with E-state index in [0.29, 0.717) is 6.10 Å². The van der Waals surface area contributed by atoms with Crippen LogP contribution in [0.3, 0.4) is 0 Å². The molecule has 2 atom stereocenters. The second kappa shape index (κ2) is 5.41. The van der Waals surface area contributed by atoms with Gasteiger partial charge in [0.15, 0.2) is 0 Å². The lowest BCUT2D eigenvalue weighted by Crippen LogP contribution is -2.28. The van der Waals surface area contributed by atoms with Crippen molar-refractivity contribution in [2.24, 2.45) is 0 Å². The second-order valence-electron chi connectivity index (χ2n) is 4.32. The molecule has 2 nitrogen and oxygen atoms in total. The Bertz CT molecular complexity index is 336. The molecule has 0 bridgehead atoms. The summed E-state index contributed by atoms with van der Waals surface area (Å²) in [6.07, 6.45) is 2.61. The highest BCUT2D eigenvalue weighted by Gasteiger charge is 2.16. The van der Waals surface area contributed by atoms with Crippen LogP contribution in [0, 0.1) is 5.82 Å². The molecule has 0 amide bonds. The minimum atomic E-state index is -0.178. The third-order valence-electron chi connectivity index (χ3n) is 3.02. The normalized spacial score (nSPS) is 22.2. The third-order valence-corrected chi connectivity index (χ3v) is 3.02. The van der Waals surface area contributed by atoms with Crippen LogP contribution in [-0.4, -0.2) is 19.3 Å². The number of benzene rings is 1. The predicted octanol–water partition coefficient (Wildman–Crippen LogP) is 2.66. The Kier molecular flexibility index (Phi) is 3.91. The van der Waals surface area contributed by atoms with Crippen LogP contribution in [-0.2, 0) is 4.74 Å². The maximum absolute atomic E-state index is 13.0. The van der Waals surface area contributed by atoms with Gasteiger partial charge in [-0.15, -0.1) is 0 Å². The van der Waals surface area contributed by atoms with Gasteiger partial charge in [0.25, 0.3) is 0 Å². The highest BCUT2D eigenvalue weighted by atomic mass is 19.1. The molecule has 1 N–H and O–H groups in total. The zero-order valence-electron chi connectivity index (χ0n) is 9.58. The van der Waals surface area contributed by atoms with E-state index in [2.05, 4.69) is 5.32 Å². The fourth-order valence-electron chi connectivity index (χ4n) is 2.01. The number of hydrogen-bond donors (Lipinski definition) is 1. The number of ether oxygens (including phenoxy) is 1. The molecule has 1 saturated heterocycles.